The summed E-state index contributed by atoms with van der Waals surface area (Å²) in [6, 6.07) is 12.2. The van der Waals surface area contributed by atoms with Crippen LogP contribution in [0.4, 0.5) is 0 Å². The van der Waals surface area contributed by atoms with Crippen molar-refractivity contribution >= 4 is 5.78 Å². The molecule has 0 saturated carbocycles. The van der Waals surface area contributed by atoms with Gasteiger partial charge in [-0.3, -0.25) is 9.78 Å². The first-order chi connectivity index (χ1) is 9.39. The largest absolute Gasteiger partial charge is 0.299 e. The van der Waals surface area contributed by atoms with E-state index in [2.05, 4.69) is 50.0 Å². The van der Waals surface area contributed by atoms with Crippen LogP contribution in [-0.2, 0) is 10.2 Å². The Morgan fingerprint density at radius 1 is 0.950 bits per heavy atom. The normalized spacial score (nSPS) is 13.0. The van der Waals surface area contributed by atoms with Crippen LogP contribution >= 0.6 is 0 Å². The van der Waals surface area contributed by atoms with Crippen LogP contribution in [0.1, 0.15) is 50.3 Å². The van der Waals surface area contributed by atoms with Gasteiger partial charge in [-0.2, -0.15) is 0 Å². The van der Waals surface area contributed by atoms with E-state index in [9.17, 15) is 4.79 Å². The van der Waals surface area contributed by atoms with E-state index in [4.69, 9.17) is 0 Å². The molecule has 1 aromatic carbocycles. The zero-order valence-electron chi connectivity index (χ0n) is 12.6. The van der Waals surface area contributed by atoms with E-state index in [0.717, 1.165) is 11.1 Å². The first-order valence-corrected chi connectivity index (χ1v) is 6.90. The van der Waals surface area contributed by atoms with Crippen LogP contribution in [0.15, 0.2) is 48.8 Å². The minimum Gasteiger partial charge on any atom is -0.299 e. The van der Waals surface area contributed by atoms with Gasteiger partial charge in [0.15, 0.2) is 0 Å². The van der Waals surface area contributed by atoms with E-state index < -0.39 is 0 Å². The van der Waals surface area contributed by atoms with Gasteiger partial charge in [-0.1, -0.05) is 45.0 Å². The highest BCUT2D eigenvalue weighted by molar-refractivity contribution is 5.86. The molecule has 1 atom stereocenters. The van der Waals surface area contributed by atoms with E-state index >= 15 is 0 Å². The van der Waals surface area contributed by atoms with E-state index in [1.165, 1.54) is 5.56 Å². The van der Waals surface area contributed by atoms with Gasteiger partial charge in [0.2, 0.25) is 0 Å². The van der Waals surface area contributed by atoms with Crippen molar-refractivity contribution in [3.8, 4) is 0 Å². The molecule has 0 N–H and O–H groups in total. The molecule has 2 heteroatoms. The SMILES string of the molecule is CC(=O)C(c1ccncc1)c1ccc(C(C)(C)C)cc1. The lowest BCUT2D eigenvalue weighted by Gasteiger charge is -2.21. The molecular formula is C18H21NO. The smallest absolute Gasteiger partial charge is 0.141 e. The fraction of sp³-hybridized carbons (Fsp3) is 0.333. The molecule has 2 rings (SSSR count). The third kappa shape index (κ3) is 3.13. The summed E-state index contributed by atoms with van der Waals surface area (Å²) in [4.78, 5) is 16.0. The average Bonchev–Trinajstić information content (AvgIpc) is 2.39. The number of hydrogen-bond donors (Lipinski definition) is 0. The average molecular weight is 267 g/mol. The Morgan fingerprint density at radius 3 is 1.90 bits per heavy atom. The van der Waals surface area contributed by atoms with E-state index in [-0.39, 0.29) is 17.1 Å². The maximum Gasteiger partial charge on any atom is 0.141 e. The van der Waals surface area contributed by atoms with Crippen molar-refractivity contribution in [3.05, 3.63) is 65.5 Å². The lowest BCUT2D eigenvalue weighted by Crippen LogP contribution is -2.13. The fourth-order valence-corrected chi connectivity index (χ4v) is 2.39. The van der Waals surface area contributed by atoms with Gasteiger partial charge in [-0.15, -0.1) is 0 Å². The number of carbonyl (C=O) groups excluding carboxylic acids is 1. The molecule has 0 radical (unpaired) electrons. The highest BCUT2D eigenvalue weighted by atomic mass is 16.1. The van der Waals surface area contributed by atoms with E-state index in [1.54, 1.807) is 19.3 Å². The molecule has 1 unspecified atom stereocenters. The zero-order valence-corrected chi connectivity index (χ0v) is 12.6. The van der Waals surface area contributed by atoms with Crippen molar-refractivity contribution < 1.29 is 4.79 Å². The number of pyridine rings is 1. The number of carbonyl (C=O) groups is 1. The van der Waals surface area contributed by atoms with Gasteiger partial charge in [0.1, 0.15) is 5.78 Å². The van der Waals surface area contributed by atoms with Gasteiger partial charge in [0, 0.05) is 12.4 Å². The van der Waals surface area contributed by atoms with Gasteiger partial charge >= 0.3 is 0 Å². The molecule has 2 nitrogen and oxygen atoms in total. The van der Waals surface area contributed by atoms with Crippen LogP contribution < -0.4 is 0 Å². The summed E-state index contributed by atoms with van der Waals surface area (Å²) < 4.78 is 0. The molecule has 0 fully saturated rings. The van der Waals surface area contributed by atoms with Crippen molar-refractivity contribution in [3.63, 3.8) is 0 Å². The summed E-state index contributed by atoms with van der Waals surface area (Å²) in [5.41, 5.74) is 3.44. The second-order valence-electron chi connectivity index (χ2n) is 6.20. The van der Waals surface area contributed by atoms with Gasteiger partial charge in [-0.25, -0.2) is 0 Å². The number of Topliss-reactive ketones (excluding diaryl/α,β-unsaturated/α-hetero) is 1. The summed E-state index contributed by atoms with van der Waals surface area (Å²) >= 11 is 0. The fourth-order valence-electron chi connectivity index (χ4n) is 2.39. The summed E-state index contributed by atoms with van der Waals surface area (Å²) in [5, 5.41) is 0. The molecule has 0 aliphatic carbocycles. The molecule has 1 aromatic heterocycles. The minimum absolute atomic E-state index is 0.126. The zero-order chi connectivity index (χ0) is 14.8. The van der Waals surface area contributed by atoms with Crippen molar-refractivity contribution in [1.82, 2.24) is 4.98 Å². The number of ketones is 1. The molecule has 0 saturated heterocycles. The Bertz CT molecular complexity index is 579. The number of hydrogen-bond acceptors (Lipinski definition) is 2. The number of aromatic nitrogens is 1. The van der Waals surface area contributed by atoms with E-state index in [0.29, 0.717) is 0 Å². The monoisotopic (exact) mass is 267 g/mol. The predicted octanol–water partition coefficient (Wildman–Crippen LogP) is 4.10. The first-order valence-electron chi connectivity index (χ1n) is 6.90. The van der Waals surface area contributed by atoms with Gasteiger partial charge in [0.25, 0.3) is 0 Å². The van der Waals surface area contributed by atoms with Crippen LogP contribution in [0.2, 0.25) is 0 Å². The highest BCUT2D eigenvalue weighted by Gasteiger charge is 2.20. The van der Waals surface area contributed by atoms with Crippen molar-refractivity contribution in [2.75, 3.05) is 0 Å². The molecule has 0 aliphatic rings. The summed E-state index contributed by atoms with van der Waals surface area (Å²) in [7, 11) is 0. The Labute approximate surface area is 120 Å². The first kappa shape index (κ1) is 14.4. The Balaban J connectivity index is 2.39. The Kier molecular flexibility index (Phi) is 4.03. The Hall–Kier alpha value is -1.96. The summed E-state index contributed by atoms with van der Waals surface area (Å²) in [6.07, 6.45) is 3.46. The molecule has 2 aromatic rings. The van der Waals surface area contributed by atoms with Crippen LogP contribution in [0.25, 0.3) is 0 Å². The second kappa shape index (κ2) is 5.58. The van der Waals surface area contributed by atoms with Crippen LogP contribution in [0, 0.1) is 0 Å². The third-order valence-corrected chi connectivity index (χ3v) is 3.56. The minimum atomic E-state index is -0.202. The highest BCUT2D eigenvalue weighted by Crippen LogP contribution is 2.28. The van der Waals surface area contributed by atoms with Crippen LogP contribution in [-0.4, -0.2) is 10.8 Å². The van der Waals surface area contributed by atoms with Crippen molar-refractivity contribution in [2.45, 2.75) is 39.0 Å². The molecule has 20 heavy (non-hydrogen) atoms. The Morgan fingerprint density at radius 2 is 1.45 bits per heavy atom. The van der Waals surface area contributed by atoms with Gasteiger partial charge in [0.05, 0.1) is 5.92 Å². The van der Waals surface area contributed by atoms with Gasteiger partial charge in [-0.05, 0) is 41.2 Å². The maximum atomic E-state index is 12.0. The number of benzene rings is 1. The van der Waals surface area contributed by atoms with Gasteiger partial charge < -0.3 is 0 Å². The maximum absolute atomic E-state index is 12.0. The molecule has 1 heterocycles. The van der Waals surface area contributed by atoms with Crippen LogP contribution in [0.5, 0.6) is 0 Å². The van der Waals surface area contributed by atoms with E-state index in [1.807, 2.05) is 12.1 Å². The summed E-state index contributed by atoms with van der Waals surface area (Å²) in [5.74, 6) is -0.0493. The molecule has 104 valence electrons. The molecule has 0 aliphatic heterocycles. The molecular weight excluding hydrogens is 246 g/mol. The number of nitrogens with zero attached hydrogens (tertiary/aromatic N) is 1. The van der Waals surface area contributed by atoms with Crippen molar-refractivity contribution in [2.24, 2.45) is 0 Å². The molecule has 0 spiro atoms. The number of rotatable bonds is 3. The quantitative estimate of drug-likeness (QED) is 0.838. The standard InChI is InChI=1S/C18H21NO/c1-13(20)17(15-9-11-19-12-10-15)14-5-7-16(8-6-14)18(2,3)4/h5-12,17H,1-4H3. The van der Waals surface area contributed by atoms with Crippen molar-refractivity contribution in [1.29, 1.82) is 0 Å². The predicted molar refractivity (Wildman–Crippen MR) is 81.9 cm³/mol. The topological polar surface area (TPSA) is 30.0 Å². The molecule has 0 bridgehead atoms. The lowest BCUT2D eigenvalue weighted by molar-refractivity contribution is -0.117. The summed E-state index contributed by atoms with van der Waals surface area (Å²) in [6.45, 7) is 8.21. The lowest BCUT2D eigenvalue weighted by atomic mass is 9.83. The van der Waals surface area contributed by atoms with Crippen LogP contribution in [0.3, 0.4) is 0 Å². The molecule has 0 amide bonds. The third-order valence-electron chi connectivity index (χ3n) is 3.56. The second-order valence-corrected chi connectivity index (χ2v) is 6.20.